The van der Waals surface area contributed by atoms with Crippen LogP contribution >= 0.6 is 11.8 Å². The molecule has 9 heteroatoms. The number of pyridine rings is 1. The van der Waals surface area contributed by atoms with Gasteiger partial charge in [-0.05, 0) is 73.6 Å². The first-order valence-electron chi connectivity index (χ1n) is 12.5. The van der Waals surface area contributed by atoms with Crippen LogP contribution in [0.3, 0.4) is 0 Å². The summed E-state index contributed by atoms with van der Waals surface area (Å²) in [5.41, 5.74) is 3.69. The molecule has 0 N–H and O–H groups in total. The number of thioether (sulfide) groups is 1. The van der Waals surface area contributed by atoms with Crippen molar-refractivity contribution in [2.24, 2.45) is 5.92 Å². The zero-order valence-electron chi connectivity index (χ0n) is 21.5. The fourth-order valence-corrected chi connectivity index (χ4v) is 5.52. The molecule has 200 valence electrons. The van der Waals surface area contributed by atoms with E-state index in [2.05, 4.69) is 17.1 Å². The molecule has 1 heterocycles. The Balaban J connectivity index is 1.84. The number of carbonyl (C=O) groups is 2. The summed E-state index contributed by atoms with van der Waals surface area (Å²) in [5.74, 6) is 0.721. The Morgan fingerprint density at radius 2 is 1.78 bits per heavy atom. The maximum Gasteiger partial charge on any atom is 0.513 e. The molecule has 37 heavy (non-hydrogen) atoms. The molecule has 3 rings (SSSR count). The Morgan fingerprint density at radius 1 is 1.11 bits per heavy atom. The van der Waals surface area contributed by atoms with Crippen molar-refractivity contribution in [3.63, 3.8) is 0 Å². The molecule has 1 aromatic heterocycles. The molecule has 0 saturated heterocycles. The van der Waals surface area contributed by atoms with Crippen LogP contribution in [-0.4, -0.2) is 29.3 Å². The molecule has 5 nitrogen and oxygen atoms in total. The summed E-state index contributed by atoms with van der Waals surface area (Å²) >= 11 is 1.33. The smallest absolute Gasteiger partial charge is 0.434 e. The van der Waals surface area contributed by atoms with Crippen LogP contribution in [0.2, 0.25) is 0 Å². The van der Waals surface area contributed by atoms with Crippen molar-refractivity contribution in [1.82, 2.24) is 4.98 Å². The molecular weight excluding hydrogens is 503 g/mol. The van der Waals surface area contributed by atoms with E-state index in [1.165, 1.54) is 17.8 Å². The predicted octanol–water partition coefficient (Wildman–Crippen LogP) is 7.58. The summed E-state index contributed by atoms with van der Waals surface area (Å²) < 4.78 is 48.9. The number of halogens is 3. The number of ether oxygens (including phenoxy) is 2. The number of hydrogen-bond acceptors (Lipinski definition) is 6. The number of rotatable bonds is 9. The van der Waals surface area contributed by atoms with Crippen LogP contribution in [0.1, 0.15) is 67.9 Å². The van der Waals surface area contributed by atoms with Gasteiger partial charge >= 0.3 is 12.3 Å². The molecule has 1 aliphatic rings. The Bertz CT molecular complexity index is 1130. The van der Waals surface area contributed by atoms with Gasteiger partial charge in [-0.1, -0.05) is 31.5 Å². The number of alkyl halides is 3. The molecule has 0 bridgehead atoms. The number of nitrogens with zero attached hydrogens (tertiary/aromatic N) is 1. The van der Waals surface area contributed by atoms with Crippen LogP contribution in [0.15, 0.2) is 41.2 Å². The lowest BCUT2D eigenvalue weighted by Gasteiger charge is -2.28. The van der Waals surface area contributed by atoms with Crippen molar-refractivity contribution in [2.45, 2.75) is 71.0 Å². The normalized spacial score (nSPS) is 16.2. The Labute approximate surface area is 219 Å². The molecule has 0 amide bonds. The van der Waals surface area contributed by atoms with E-state index in [9.17, 15) is 22.8 Å². The molecule has 1 aliphatic carbocycles. The number of hydrogen-bond donors (Lipinski definition) is 0. The zero-order valence-corrected chi connectivity index (χ0v) is 22.4. The van der Waals surface area contributed by atoms with Gasteiger partial charge in [0.2, 0.25) is 0 Å². The number of Topliss-reactive ketones (excluding diaryl/α,β-unsaturated/α-hetero) is 1. The molecule has 2 aromatic rings. The van der Waals surface area contributed by atoms with E-state index in [-0.39, 0.29) is 18.3 Å². The van der Waals surface area contributed by atoms with Gasteiger partial charge in [0.25, 0.3) is 0 Å². The topological polar surface area (TPSA) is 65.5 Å². The monoisotopic (exact) mass is 535 g/mol. The minimum atomic E-state index is -4.43. The molecule has 0 fully saturated rings. The van der Waals surface area contributed by atoms with Crippen molar-refractivity contribution < 1.29 is 32.2 Å². The van der Waals surface area contributed by atoms with E-state index in [0.717, 1.165) is 47.4 Å². The van der Waals surface area contributed by atoms with Gasteiger partial charge in [-0.3, -0.25) is 4.79 Å². The van der Waals surface area contributed by atoms with Crippen LogP contribution in [-0.2, 0) is 33.3 Å². The van der Waals surface area contributed by atoms with Gasteiger partial charge in [0.1, 0.15) is 5.76 Å². The van der Waals surface area contributed by atoms with Crippen LogP contribution in [0.4, 0.5) is 18.0 Å². The maximum absolute atomic E-state index is 13.5. The summed E-state index contributed by atoms with van der Waals surface area (Å²) in [6.45, 7) is 7.93. The lowest BCUT2D eigenvalue weighted by atomic mass is 9.79. The van der Waals surface area contributed by atoms with Crippen molar-refractivity contribution in [3.05, 3.63) is 64.0 Å². The quantitative estimate of drug-likeness (QED) is 0.244. The largest absolute Gasteiger partial charge is 0.513 e. The predicted molar refractivity (Wildman–Crippen MR) is 137 cm³/mol. The Kier molecular flexibility index (Phi) is 9.81. The Hall–Kier alpha value is -2.81. The van der Waals surface area contributed by atoms with Crippen LogP contribution in [0, 0.1) is 12.8 Å². The second-order valence-electron chi connectivity index (χ2n) is 8.97. The van der Waals surface area contributed by atoms with Gasteiger partial charge in [-0.2, -0.15) is 13.2 Å². The summed E-state index contributed by atoms with van der Waals surface area (Å²) in [5, 5.41) is 0.481. The van der Waals surface area contributed by atoms with E-state index in [4.69, 9.17) is 9.47 Å². The number of carbonyl (C=O) groups excluding carboxylic acids is 2. The van der Waals surface area contributed by atoms with E-state index in [0.29, 0.717) is 41.4 Å². The average molecular weight is 536 g/mol. The summed E-state index contributed by atoms with van der Waals surface area (Å²) in [6.07, 6.45) is -1.68. The highest BCUT2D eigenvalue weighted by atomic mass is 32.2. The maximum atomic E-state index is 13.5. The van der Waals surface area contributed by atoms with E-state index in [1.54, 1.807) is 6.92 Å². The SMILES string of the molecule is CCOC(=O)OC1=C(c2c(CC)cc(C)cc2CC)C(=O)CC(CCSc2ccc(C(F)(F)F)cn2)C1. The first kappa shape index (κ1) is 28.8. The van der Waals surface area contributed by atoms with Gasteiger partial charge in [-0.15, -0.1) is 11.8 Å². The number of ketones is 1. The number of benzene rings is 1. The molecule has 0 radical (unpaired) electrons. The second-order valence-corrected chi connectivity index (χ2v) is 10.1. The highest BCUT2D eigenvalue weighted by molar-refractivity contribution is 7.99. The molecule has 1 unspecified atom stereocenters. The highest BCUT2D eigenvalue weighted by Crippen LogP contribution is 2.39. The molecule has 1 atom stereocenters. The Morgan fingerprint density at radius 3 is 2.32 bits per heavy atom. The third kappa shape index (κ3) is 7.37. The van der Waals surface area contributed by atoms with E-state index < -0.39 is 17.9 Å². The summed E-state index contributed by atoms with van der Waals surface area (Å²) in [4.78, 5) is 29.7. The van der Waals surface area contributed by atoms with Crippen molar-refractivity contribution in [3.8, 4) is 0 Å². The van der Waals surface area contributed by atoms with Gasteiger partial charge in [0, 0.05) is 19.0 Å². The fraction of sp³-hybridized carbons (Fsp3) is 0.464. The van der Waals surface area contributed by atoms with E-state index >= 15 is 0 Å². The standard InChI is InChI=1S/C28H32F3NO4S/c1-5-19-12-17(4)13-20(6-2)25(19)26-22(33)14-18(15-23(26)36-27(34)35-7-3)10-11-37-24-9-8-21(16-32-24)28(29,30)31/h8-9,12-13,16,18H,5-7,10-11,14-15H2,1-4H3. The van der Waals surface area contributed by atoms with Crippen LogP contribution in [0.5, 0.6) is 0 Å². The second kappa shape index (κ2) is 12.6. The minimum Gasteiger partial charge on any atom is -0.434 e. The average Bonchev–Trinajstić information content (AvgIpc) is 2.84. The van der Waals surface area contributed by atoms with Crippen molar-refractivity contribution in [1.29, 1.82) is 0 Å². The lowest BCUT2D eigenvalue weighted by Crippen LogP contribution is -2.23. The first-order chi connectivity index (χ1) is 17.6. The van der Waals surface area contributed by atoms with Crippen molar-refractivity contribution in [2.75, 3.05) is 12.4 Å². The van der Waals surface area contributed by atoms with E-state index in [1.807, 2.05) is 20.8 Å². The number of aromatic nitrogens is 1. The van der Waals surface area contributed by atoms with Crippen molar-refractivity contribution >= 4 is 29.3 Å². The zero-order chi connectivity index (χ0) is 27.2. The molecular formula is C28H32F3NO4S. The van der Waals surface area contributed by atoms with Gasteiger partial charge in [0.05, 0.1) is 22.8 Å². The van der Waals surface area contributed by atoms with Crippen LogP contribution in [0.25, 0.3) is 5.57 Å². The summed E-state index contributed by atoms with van der Waals surface area (Å²) in [6, 6.07) is 6.49. The lowest BCUT2D eigenvalue weighted by molar-refractivity contribution is -0.137. The van der Waals surface area contributed by atoms with Gasteiger partial charge in [0.15, 0.2) is 5.78 Å². The number of aryl methyl sites for hydroxylation is 3. The third-order valence-corrected chi connectivity index (χ3v) is 7.25. The first-order valence-corrected chi connectivity index (χ1v) is 13.5. The molecule has 0 spiro atoms. The van der Waals surface area contributed by atoms with Crippen LogP contribution < -0.4 is 0 Å². The minimum absolute atomic E-state index is 0.0803. The van der Waals surface area contributed by atoms with Gasteiger partial charge in [-0.25, -0.2) is 9.78 Å². The fourth-order valence-electron chi connectivity index (χ4n) is 4.56. The summed E-state index contributed by atoms with van der Waals surface area (Å²) in [7, 11) is 0. The molecule has 0 aliphatic heterocycles. The molecule has 1 aromatic carbocycles. The number of allylic oxidation sites excluding steroid dienone is 2. The highest BCUT2D eigenvalue weighted by Gasteiger charge is 2.33. The molecule has 0 saturated carbocycles. The third-order valence-electron chi connectivity index (χ3n) is 6.27. The van der Waals surface area contributed by atoms with Gasteiger partial charge < -0.3 is 9.47 Å².